The van der Waals surface area contributed by atoms with Gasteiger partial charge in [0.1, 0.15) is 13.1 Å². The molecule has 80 valence electrons. The summed E-state index contributed by atoms with van der Waals surface area (Å²) in [4.78, 5) is 6.35. The molecule has 0 fully saturated rings. The van der Waals surface area contributed by atoms with Crippen LogP contribution in [-0.2, 0) is 0 Å². The zero-order valence-corrected chi connectivity index (χ0v) is 9.15. The Bertz CT molecular complexity index is 242. The Morgan fingerprint density at radius 2 is 1.20 bits per heavy atom. The predicted molar refractivity (Wildman–Crippen MR) is 67.1 cm³/mol. The van der Waals surface area contributed by atoms with E-state index in [-0.39, 0.29) is 0 Å². The van der Waals surface area contributed by atoms with Gasteiger partial charge in [0.25, 0.3) is 0 Å². The molecule has 0 saturated carbocycles. The van der Waals surface area contributed by atoms with Crippen LogP contribution in [0.5, 0.6) is 0 Å². The Labute approximate surface area is 92.2 Å². The zero-order chi connectivity index (χ0) is 11.2. The summed E-state index contributed by atoms with van der Waals surface area (Å²) >= 11 is 0. The molecule has 2 N–H and O–H groups in total. The van der Waals surface area contributed by atoms with Gasteiger partial charge in [0.2, 0.25) is 0 Å². The van der Waals surface area contributed by atoms with Crippen molar-refractivity contribution in [2.75, 3.05) is 13.1 Å². The third-order valence-corrected chi connectivity index (χ3v) is 1.56. The van der Waals surface area contributed by atoms with Crippen LogP contribution < -0.4 is 9.98 Å². The second-order valence-electron chi connectivity index (χ2n) is 2.84. The molecule has 0 saturated heterocycles. The lowest BCUT2D eigenvalue weighted by atomic mass is 10.4. The second kappa shape index (κ2) is 12.3. The van der Waals surface area contributed by atoms with Gasteiger partial charge < -0.3 is 0 Å². The fourth-order valence-corrected chi connectivity index (χ4v) is 0.864. The van der Waals surface area contributed by atoms with E-state index in [0.717, 1.165) is 19.5 Å². The molecule has 0 radical (unpaired) electrons. The highest BCUT2D eigenvalue weighted by Crippen LogP contribution is 1.64. The molecule has 2 heteroatoms. The van der Waals surface area contributed by atoms with Gasteiger partial charge in [-0.05, 0) is 0 Å². The fourth-order valence-electron chi connectivity index (χ4n) is 0.864. The van der Waals surface area contributed by atoms with E-state index in [1.807, 2.05) is 36.7 Å². The minimum atomic E-state index is 0.966. The van der Waals surface area contributed by atoms with Crippen LogP contribution in [0.2, 0.25) is 0 Å². The Morgan fingerprint density at radius 1 is 0.733 bits per heavy atom. The molecule has 0 aliphatic carbocycles. The van der Waals surface area contributed by atoms with Crippen molar-refractivity contribution in [1.82, 2.24) is 0 Å². The van der Waals surface area contributed by atoms with Crippen LogP contribution in [0.15, 0.2) is 49.6 Å². The summed E-state index contributed by atoms with van der Waals surface area (Å²) in [5.74, 6) is 0. The van der Waals surface area contributed by atoms with Crippen LogP contribution >= 0.6 is 0 Å². The van der Waals surface area contributed by atoms with Crippen molar-refractivity contribution in [3.05, 3.63) is 49.6 Å². The number of hydrogen-bond acceptors (Lipinski definition) is 0. The fraction of sp³-hybridized carbons (Fsp3) is 0.231. The smallest absolute Gasteiger partial charge is 0.161 e. The highest BCUT2D eigenvalue weighted by atomic mass is 14.7. The van der Waals surface area contributed by atoms with Crippen LogP contribution in [0.1, 0.15) is 6.42 Å². The number of allylic oxidation sites excluding steroid dienone is 6. The summed E-state index contributed by atoms with van der Waals surface area (Å²) in [7, 11) is 0. The van der Waals surface area contributed by atoms with Crippen LogP contribution in [0.4, 0.5) is 0 Å². The van der Waals surface area contributed by atoms with E-state index >= 15 is 0 Å². The zero-order valence-electron chi connectivity index (χ0n) is 9.15. The van der Waals surface area contributed by atoms with Gasteiger partial charge in [-0.1, -0.05) is 37.5 Å². The van der Waals surface area contributed by atoms with Crippen molar-refractivity contribution < 1.29 is 9.98 Å². The number of rotatable bonds is 8. The van der Waals surface area contributed by atoms with E-state index in [0.29, 0.717) is 0 Å². The average Bonchev–Trinajstić information content (AvgIpc) is 2.26. The Kier molecular flexibility index (Phi) is 10.9. The van der Waals surface area contributed by atoms with Crippen LogP contribution in [0.3, 0.4) is 0 Å². The van der Waals surface area contributed by atoms with E-state index in [9.17, 15) is 0 Å². The largest absolute Gasteiger partial charge is 0.248 e. The Hall–Kier alpha value is -1.70. The topological polar surface area (TPSA) is 27.9 Å². The molecule has 0 rings (SSSR count). The lowest BCUT2D eigenvalue weighted by Crippen LogP contribution is -2.73. The summed E-state index contributed by atoms with van der Waals surface area (Å²) in [5, 5.41) is 0. The molecule has 0 amide bonds. The second-order valence-corrected chi connectivity index (χ2v) is 2.84. The summed E-state index contributed by atoms with van der Waals surface area (Å²) in [6.45, 7) is 9.09. The Morgan fingerprint density at radius 3 is 1.60 bits per heavy atom. The van der Waals surface area contributed by atoms with Crippen molar-refractivity contribution in [2.45, 2.75) is 6.42 Å². The third kappa shape index (κ3) is 12.3. The van der Waals surface area contributed by atoms with E-state index in [1.54, 1.807) is 12.2 Å². The minimum Gasteiger partial charge on any atom is -0.248 e. The van der Waals surface area contributed by atoms with Gasteiger partial charge in [-0.15, -0.1) is 0 Å². The molecule has 0 bridgehead atoms. The number of nitrogens with one attached hydrogen (secondary N) is 2. The van der Waals surface area contributed by atoms with Gasteiger partial charge in [0.15, 0.2) is 12.4 Å². The van der Waals surface area contributed by atoms with Crippen molar-refractivity contribution in [1.29, 1.82) is 0 Å². The first kappa shape index (κ1) is 13.3. The van der Waals surface area contributed by atoms with E-state index in [4.69, 9.17) is 0 Å². The maximum atomic E-state index is 3.58. The predicted octanol–water partition coefficient (Wildman–Crippen LogP) is -0.836. The molecule has 0 aliphatic heterocycles. The molecule has 2 nitrogen and oxygen atoms in total. The van der Waals surface area contributed by atoms with Crippen molar-refractivity contribution >= 4 is 12.4 Å². The van der Waals surface area contributed by atoms with Crippen LogP contribution in [0, 0.1) is 0 Å². The first-order valence-electron chi connectivity index (χ1n) is 5.10. The minimum absolute atomic E-state index is 0.966. The molecule has 0 spiro atoms. The lowest BCUT2D eigenvalue weighted by molar-refractivity contribution is -0.484. The number of hydrogen-bond donors (Lipinski definition) is 2. The van der Waals surface area contributed by atoms with Gasteiger partial charge >= 0.3 is 0 Å². The molecular weight excluding hydrogens is 184 g/mol. The van der Waals surface area contributed by atoms with Crippen molar-refractivity contribution in [3.63, 3.8) is 0 Å². The maximum Gasteiger partial charge on any atom is 0.161 e. The van der Waals surface area contributed by atoms with Gasteiger partial charge in [-0.25, -0.2) is 9.98 Å². The normalized spacial score (nSPS) is 12.3. The monoisotopic (exact) mass is 204 g/mol. The molecule has 0 heterocycles. The SMILES string of the molecule is C=C/C=C\C=[NH+]CCC[NH+]=C/C=C\C=C. The first-order chi connectivity index (χ1) is 7.41. The highest BCUT2D eigenvalue weighted by molar-refractivity contribution is 5.65. The van der Waals surface area contributed by atoms with Gasteiger partial charge in [-0.2, -0.15) is 0 Å². The highest BCUT2D eigenvalue weighted by Gasteiger charge is 1.87. The molecule has 0 atom stereocenters. The molecule has 15 heavy (non-hydrogen) atoms. The standard InChI is InChI=1S/C13H18N2/c1-3-5-7-10-14-12-9-13-15-11-8-6-4-2/h3-8,10-11H,1-2,9,12-13H2/p+2/b7-5-,8-6-,14-10?,15-11?. The van der Waals surface area contributed by atoms with E-state index in [2.05, 4.69) is 23.1 Å². The van der Waals surface area contributed by atoms with Crippen LogP contribution in [0.25, 0.3) is 0 Å². The summed E-state index contributed by atoms with van der Waals surface area (Å²) < 4.78 is 0. The Balaban J connectivity index is 3.38. The first-order valence-corrected chi connectivity index (χ1v) is 5.10. The molecule has 0 aromatic heterocycles. The quantitative estimate of drug-likeness (QED) is 0.293. The average molecular weight is 204 g/mol. The van der Waals surface area contributed by atoms with Gasteiger partial charge in [0.05, 0.1) is 6.42 Å². The molecule has 0 unspecified atom stereocenters. The van der Waals surface area contributed by atoms with E-state index in [1.165, 1.54) is 0 Å². The molecule has 0 aliphatic rings. The van der Waals surface area contributed by atoms with Gasteiger partial charge in [0, 0.05) is 12.2 Å². The van der Waals surface area contributed by atoms with Crippen molar-refractivity contribution in [3.8, 4) is 0 Å². The van der Waals surface area contributed by atoms with Gasteiger partial charge in [-0.3, -0.25) is 0 Å². The van der Waals surface area contributed by atoms with Crippen molar-refractivity contribution in [2.24, 2.45) is 0 Å². The summed E-state index contributed by atoms with van der Waals surface area (Å²) in [5.41, 5.74) is 0. The molecular formula is C13H20N2+2. The lowest BCUT2D eigenvalue weighted by Gasteiger charge is -1.80. The third-order valence-electron chi connectivity index (χ3n) is 1.56. The van der Waals surface area contributed by atoms with E-state index < -0.39 is 0 Å². The molecule has 0 aromatic rings. The summed E-state index contributed by atoms with van der Waals surface area (Å²) in [6.07, 6.45) is 16.1. The maximum absolute atomic E-state index is 3.58. The van der Waals surface area contributed by atoms with Crippen LogP contribution in [-0.4, -0.2) is 25.5 Å². The molecule has 0 aromatic carbocycles. The summed E-state index contributed by atoms with van der Waals surface area (Å²) in [6, 6.07) is 0.